The number of amides is 2. The highest BCUT2D eigenvalue weighted by Crippen LogP contribution is 2.20. The van der Waals surface area contributed by atoms with E-state index in [1.165, 1.54) is 11.8 Å². The van der Waals surface area contributed by atoms with E-state index in [0.29, 0.717) is 13.1 Å². The van der Waals surface area contributed by atoms with E-state index in [4.69, 9.17) is 0 Å². The standard InChI is InChI=1S/C13H16N2O2S/c1-9(16)15-7-10(8-15)13(17)14-11-3-5-12(18-2)6-4-11/h3-6,10H,7-8H2,1-2H3,(H,14,17). The van der Waals surface area contributed by atoms with Gasteiger partial charge in [0.05, 0.1) is 5.92 Å². The number of rotatable bonds is 3. The summed E-state index contributed by atoms with van der Waals surface area (Å²) in [6.07, 6.45) is 2.01. The monoisotopic (exact) mass is 264 g/mol. The van der Waals surface area contributed by atoms with Gasteiger partial charge in [0.25, 0.3) is 0 Å². The second kappa shape index (κ2) is 5.44. The van der Waals surface area contributed by atoms with E-state index in [-0.39, 0.29) is 17.7 Å². The molecule has 1 saturated heterocycles. The molecule has 1 fully saturated rings. The molecule has 0 atom stereocenters. The van der Waals surface area contributed by atoms with Crippen molar-refractivity contribution in [3.63, 3.8) is 0 Å². The minimum Gasteiger partial charge on any atom is -0.341 e. The molecule has 0 spiro atoms. The number of hydrogen-bond acceptors (Lipinski definition) is 3. The fourth-order valence-electron chi connectivity index (χ4n) is 1.82. The molecule has 1 N–H and O–H groups in total. The van der Waals surface area contributed by atoms with E-state index >= 15 is 0 Å². The number of benzene rings is 1. The highest BCUT2D eigenvalue weighted by atomic mass is 32.2. The Morgan fingerprint density at radius 2 is 1.89 bits per heavy atom. The van der Waals surface area contributed by atoms with Gasteiger partial charge in [-0.1, -0.05) is 0 Å². The highest BCUT2D eigenvalue weighted by Gasteiger charge is 2.33. The van der Waals surface area contributed by atoms with Crippen molar-refractivity contribution in [1.29, 1.82) is 0 Å². The van der Waals surface area contributed by atoms with Crippen LogP contribution < -0.4 is 5.32 Å². The number of likely N-dealkylation sites (tertiary alicyclic amines) is 1. The molecular formula is C13H16N2O2S. The van der Waals surface area contributed by atoms with Crippen LogP contribution in [0.2, 0.25) is 0 Å². The Hall–Kier alpha value is -1.49. The van der Waals surface area contributed by atoms with E-state index < -0.39 is 0 Å². The van der Waals surface area contributed by atoms with Crippen LogP contribution in [-0.4, -0.2) is 36.1 Å². The van der Waals surface area contributed by atoms with Crippen LogP contribution in [0.5, 0.6) is 0 Å². The smallest absolute Gasteiger partial charge is 0.231 e. The average molecular weight is 264 g/mol. The lowest BCUT2D eigenvalue weighted by Crippen LogP contribution is -2.53. The van der Waals surface area contributed by atoms with Crippen LogP contribution in [0.4, 0.5) is 5.69 Å². The normalized spacial score (nSPS) is 15.1. The van der Waals surface area contributed by atoms with Gasteiger partial charge in [0.1, 0.15) is 0 Å². The van der Waals surface area contributed by atoms with Crippen LogP contribution in [0, 0.1) is 5.92 Å². The predicted octanol–water partition coefficient (Wildman–Crippen LogP) is 1.83. The van der Waals surface area contributed by atoms with Gasteiger partial charge < -0.3 is 10.2 Å². The third-order valence-corrected chi connectivity index (χ3v) is 3.80. The van der Waals surface area contributed by atoms with Gasteiger partial charge in [-0.05, 0) is 30.5 Å². The van der Waals surface area contributed by atoms with Crippen LogP contribution in [0.1, 0.15) is 6.92 Å². The second-order valence-electron chi connectivity index (χ2n) is 4.34. The van der Waals surface area contributed by atoms with Crippen molar-refractivity contribution in [1.82, 2.24) is 4.90 Å². The van der Waals surface area contributed by atoms with Crippen molar-refractivity contribution in [2.24, 2.45) is 5.92 Å². The summed E-state index contributed by atoms with van der Waals surface area (Å²) < 4.78 is 0. The highest BCUT2D eigenvalue weighted by molar-refractivity contribution is 7.98. The van der Waals surface area contributed by atoms with Crippen molar-refractivity contribution in [2.75, 3.05) is 24.7 Å². The minimum atomic E-state index is -0.0749. The van der Waals surface area contributed by atoms with Crippen molar-refractivity contribution in [2.45, 2.75) is 11.8 Å². The Balaban J connectivity index is 1.86. The SMILES string of the molecule is CSc1ccc(NC(=O)C2CN(C(C)=O)C2)cc1. The predicted molar refractivity (Wildman–Crippen MR) is 72.6 cm³/mol. The number of carbonyl (C=O) groups excluding carboxylic acids is 2. The number of nitrogens with one attached hydrogen (secondary N) is 1. The van der Waals surface area contributed by atoms with Crippen LogP contribution in [-0.2, 0) is 9.59 Å². The molecule has 1 aliphatic rings. The molecule has 1 aliphatic heterocycles. The van der Waals surface area contributed by atoms with Crippen LogP contribution in [0.25, 0.3) is 0 Å². The largest absolute Gasteiger partial charge is 0.341 e. The molecule has 1 heterocycles. The fraction of sp³-hybridized carbons (Fsp3) is 0.385. The zero-order chi connectivity index (χ0) is 13.1. The van der Waals surface area contributed by atoms with E-state index in [1.54, 1.807) is 16.7 Å². The molecule has 0 aromatic heterocycles. The maximum atomic E-state index is 11.9. The Kier molecular flexibility index (Phi) is 3.91. The number of carbonyl (C=O) groups is 2. The molecule has 0 bridgehead atoms. The van der Waals surface area contributed by atoms with Gasteiger partial charge in [-0.15, -0.1) is 11.8 Å². The van der Waals surface area contributed by atoms with Crippen molar-refractivity contribution in [3.05, 3.63) is 24.3 Å². The fourth-order valence-corrected chi connectivity index (χ4v) is 2.23. The molecule has 0 radical (unpaired) electrons. The number of nitrogens with zero attached hydrogens (tertiary/aromatic N) is 1. The van der Waals surface area contributed by atoms with Gasteiger partial charge in [0, 0.05) is 30.6 Å². The first-order chi connectivity index (χ1) is 8.60. The Labute approximate surface area is 111 Å². The first kappa shape index (κ1) is 13.0. The summed E-state index contributed by atoms with van der Waals surface area (Å²) >= 11 is 1.66. The van der Waals surface area contributed by atoms with Gasteiger partial charge >= 0.3 is 0 Å². The molecule has 18 heavy (non-hydrogen) atoms. The Bertz CT molecular complexity index is 453. The van der Waals surface area contributed by atoms with Crippen molar-refractivity contribution in [3.8, 4) is 0 Å². The number of thioether (sulfide) groups is 1. The zero-order valence-electron chi connectivity index (χ0n) is 10.5. The Morgan fingerprint density at radius 3 is 2.39 bits per heavy atom. The summed E-state index contributed by atoms with van der Waals surface area (Å²) in [5.41, 5.74) is 0.805. The molecule has 1 aromatic rings. The average Bonchev–Trinajstić information content (AvgIpc) is 2.27. The van der Waals surface area contributed by atoms with Crippen molar-refractivity contribution >= 4 is 29.3 Å². The maximum Gasteiger partial charge on any atom is 0.231 e. The topological polar surface area (TPSA) is 49.4 Å². The molecule has 2 amide bonds. The van der Waals surface area contributed by atoms with Gasteiger partial charge in [0.15, 0.2) is 0 Å². The molecular weight excluding hydrogens is 248 g/mol. The summed E-state index contributed by atoms with van der Waals surface area (Å²) in [5, 5.41) is 2.87. The maximum absolute atomic E-state index is 11.9. The van der Waals surface area contributed by atoms with Crippen LogP contribution >= 0.6 is 11.8 Å². The molecule has 0 saturated carbocycles. The summed E-state index contributed by atoms with van der Waals surface area (Å²) in [4.78, 5) is 25.7. The van der Waals surface area contributed by atoms with E-state index in [9.17, 15) is 9.59 Å². The first-order valence-electron chi connectivity index (χ1n) is 5.80. The lowest BCUT2D eigenvalue weighted by atomic mass is 9.99. The van der Waals surface area contributed by atoms with E-state index in [2.05, 4.69) is 5.32 Å². The number of anilines is 1. The van der Waals surface area contributed by atoms with Crippen LogP contribution in [0.3, 0.4) is 0 Å². The number of hydrogen-bond donors (Lipinski definition) is 1. The van der Waals surface area contributed by atoms with Crippen molar-refractivity contribution < 1.29 is 9.59 Å². The summed E-state index contributed by atoms with van der Waals surface area (Å²) in [6.45, 7) is 2.59. The lowest BCUT2D eigenvalue weighted by Gasteiger charge is -2.37. The third kappa shape index (κ3) is 2.85. The van der Waals surface area contributed by atoms with Gasteiger partial charge in [-0.3, -0.25) is 9.59 Å². The molecule has 96 valence electrons. The van der Waals surface area contributed by atoms with E-state index in [1.807, 2.05) is 30.5 Å². The van der Waals surface area contributed by atoms with E-state index in [0.717, 1.165) is 5.69 Å². The summed E-state index contributed by atoms with van der Waals surface area (Å²) in [7, 11) is 0. The lowest BCUT2D eigenvalue weighted by molar-refractivity contribution is -0.139. The second-order valence-corrected chi connectivity index (χ2v) is 5.22. The Morgan fingerprint density at radius 1 is 1.28 bits per heavy atom. The molecule has 2 rings (SSSR count). The van der Waals surface area contributed by atoms with Crippen LogP contribution in [0.15, 0.2) is 29.2 Å². The third-order valence-electron chi connectivity index (χ3n) is 3.06. The molecule has 5 heteroatoms. The van der Waals surface area contributed by atoms with Gasteiger partial charge in [-0.25, -0.2) is 0 Å². The van der Waals surface area contributed by atoms with Gasteiger partial charge in [0.2, 0.25) is 11.8 Å². The van der Waals surface area contributed by atoms with Gasteiger partial charge in [-0.2, -0.15) is 0 Å². The summed E-state index contributed by atoms with van der Waals surface area (Å²) in [5.74, 6) is -0.0538. The first-order valence-corrected chi connectivity index (χ1v) is 7.03. The minimum absolute atomic E-state index is 0.00981. The quantitative estimate of drug-likeness (QED) is 0.847. The zero-order valence-corrected chi connectivity index (χ0v) is 11.3. The summed E-state index contributed by atoms with van der Waals surface area (Å²) in [6, 6.07) is 7.74. The molecule has 0 aliphatic carbocycles. The molecule has 4 nitrogen and oxygen atoms in total. The molecule has 1 aromatic carbocycles. The molecule has 0 unspecified atom stereocenters.